The van der Waals surface area contributed by atoms with Crippen LogP contribution in [0.2, 0.25) is 0 Å². The number of hydrogen-bond donors (Lipinski definition) is 1. The lowest BCUT2D eigenvalue weighted by molar-refractivity contribution is 0.102. The second-order valence-electron chi connectivity index (χ2n) is 6.52. The number of ether oxygens (including phenoxy) is 1. The lowest BCUT2D eigenvalue weighted by atomic mass is 10.1. The Kier molecular flexibility index (Phi) is 6.13. The summed E-state index contributed by atoms with van der Waals surface area (Å²) in [4.78, 5) is 13.9. The predicted octanol–water partition coefficient (Wildman–Crippen LogP) is 6.26. The first kappa shape index (κ1) is 19.1. The largest absolute Gasteiger partial charge is 0.493 e. The molecule has 1 amide bonds. The van der Waals surface area contributed by atoms with E-state index in [9.17, 15) is 4.79 Å². The van der Waals surface area contributed by atoms with Gasteiger partial charge in [0.15, 0.2) is 0 Å². The number of anilines is 1. The molecular formula is C25H21NO2S. The van der Waals surface area contributed by atoms with Crippen molar-refractivity contribution in [3.63, 3.8) is 0 Å². The average Bonchev–Trinajstić information content (AvgIpc) is 2.78. The fraction of sp³-hybridized carbons (Fsp3) is 0.0800. The highest BCUT2D eigenvalue weighted by atomic mass is 32.2. The number of amides is 1. The normalized spacial score (nSPS) is 10.6. The molecule has 4 heteroatoms. The van der Waals surface area contributed by atoms with E-state index in [1.807, 2.05) is 72.8 Å². The highest BCUT2D eigenvalue weighted by molar-refractivity contribution is 7.99. The van der Waals surface area contributed by atoms with Crippen LogP contribution < -0.4 is 10.1 Å². The molecule has 0 saturated carbocycles. The molecule has 1 N–H and O–H groups in total. The molecule has 0 aliphatic rings. The monoisotopic (exact) mass is 399 g/mol. The van der Waals surface area contributed by atoms with E-state index in [-0.39, 0.29) is 5.91 Å². The van der Waals surface area contributed by atoms with Gasteiger partial charge in [0, 0.05) is 27.3 Å². The van der Waals surface area contributed by atoms with E-state index in [1.54, 1.807) is 23.9 Å². The van der Waals surface area contributed by atoms with Crippen molar-refractivity contribution in [3.05, 3.63) is 103 Å². The Bertz CT molecular complexity index is 1090. The summed E-state index contributed by atoms with van der Waals surface area (Å²) in [5.41, 5.74) is 1.41. The highest BCUT2D eigenvalue weighted by Gasteiger charge is 2.08. The summed E-state index contributed by atoms with van der Waals surface area (Å²) in [6.07, 6.45) is 0. The molecule has 0 spiro atoms. The van der Waals surface area contributed by atoms with Gasteiger partial charge in [-0.15, -0.1) is 11.8 Å². The van der Waals surface area contributed by atoms with E-state index in [1.165, 1.54) is 4.90 Å². The third-order valence-corrected chi connectivity index (χ3v) is 5.49. The Morgan fingerprint density at radius 1 is 0.793 bits per heavy atom. The molecule has 0 atom stereocenters. The van der Waals surface area contributed by atoms with Gasteiger partial charge in [0.25, 0.3) is 5.91 Å². The SMILES string of the molecule is O=C(Nc1cccc2ccccc12)c1ccc(OCCSc2ccccc2)cc1. The van der Waals surface area contributed by atoms with Crippen LogP contribution in [0.3, 0.4) is 0 Å². The van der Waals surface area contributed by atoms with Crippen LogP contribution in [0.25, 0.3) is 10.8 Å². The maximum absolute atomic E-state index is 12.6. The molecule has 3 nitrogen and oxygen atoms in total. The molecule has 0 aliphatic heterocycles. The minimum Gasteiger partial charge on any atom is -0.493 e. The molecule has 0 aliphatic carbocycles. The van der Waals surface area contributed by atoms with Crippen molar-refractivity contribution in [2.45, 2.75) is 4.90 Å². The van der Waals surface area contributed by atoms with E-state index >= 15 is 0 Å². The molecule has 0 unspecified atom stereocenters. The number of nitrogens with one attached hydrogen (secondary N) is 1. The van der Waals surface area contributed by atoms with Crippen LogP contribution in [0.15, 0.2) is 102 Å². The number of thioether (sulfide) groups is 1. The van der Waals surface area contributed by atoms with Gasteiger partial charge in [-0.1, -0.05) is 54.6 Å². The summed E-state index contributed by atoms with van der Waals surface area (Å²) >= 11 is 1.76. The highest BCUT2D eigenvalue weighted by Crippen LogP contribution is 2.24. The summed E-state index contributed by atoms with van der Waals surface area (Å²) < 4.78 is 5.79. The summed E-state index contributed by atoms with van der Waals surface area (Å²) in [6, 6.07) is 31.4. The third-order valence-electron chi connectivity index (χ3n) is 4.52. The Hall–Kier alpha value is -3.24. The molecule has 4 aromatic carbocycles. The van der Waals surface area contributed by atoms with Crippen LogP contribution in [0.4, 0.5) is 5.69 Å². The van der Waals surface area contributed by atoms with Crippen LogP contribution >= 0.6 is 11.8 Å². The van der Waals surface area contributed by atoms with E-state index < -0.39 is 0 Å². The quantitative estimate of drug-likeness (QED) is 0.294. The molecule has 29 heavy (non-hydrogen) atoms. The van der Waals surface area contributed by atoms with Crippen molar-refractivity contribution >= 4 is 34.1 Å². The zero-order chi connectivity index (χ0) is 19.9. The van der Waals surface area contributed by atoms with Crippen molar-refractivity contribution in [2.75, 3.05) is 17.7 Å². The summed E-state index contributed by atoms with van der Waals surface area (Å²) in [6.45, 7) is 0.612. The first-order valence-electron chi connectivity index (χ1n) is 9.49. The maximum atomic E-state index is 12.6. The summed E-state index contributed by atoms with van der Waals surface area (Å²) in [5.74, 6) is 1.50. The molecular weight excluding hydrogens is 378 g/mol. The van der Waals surface area contributed by atoms with Gasteiger partial charge < -0.3 is 10.1 Å². The van der Waals surface area contributed by atoms with Crippen LogP contribution in [0.1, 0.15) is 10.4 Å². The van der Waals surface area contributed by atoms with Crippen molar-refractivity contribution in [3.8, 4) is 5.75 Å². The van der Waals surface area contributed by atoms with Crippen LogP contribution in [-0.4, -0.2) is 18.3 Å². The first-order valence-corrected chi connectivity index (χ1v) is 10.5. The average molecular weight is 400 g/mol. The van der Waals surface area contributed by atoms with Crippen molar-refractivity contribution < 1.29 is 9.53 Å². The molecule has 0 bridgehead atoms. The van der Waals surface area contributed by atoms with Gasteiger partial charge in [0.1, 0.15) is 5.75 Å². The number of rotatable bonds is 7. The lowest BCUT2D eigenvalue weighted by Gasteiger charge is -2.10. The maximum Gasteiger partial charge on any atom is 0.255 e. The predicted molar refractivity (Wildman–Crippen MR) is 121 cm³/mol. The van der Waals surface area contributed by atoms with Gasteiger partial charge in [-0.2, -0.15) is 0 Å². The Morgan fingerprint density at radius 3 is 2.34 bits per heavy atom. The Balaban J connectivity index is 1.33. The van der Waals surface area contributed by atoms with Crippen LogP contribution in [-0.2, 0) is 0 Å². The third kappa shape index (κ3) is 4.98. The summed E-state index contributed by atoms with van der Waals surface area (Å²) in [5, 5.41) is 5.13. The number of benzene rings is 4. The molecule has 4 rings (SSSR count). The van der Waals surface area contributed by atoms with Crippen molar-refractivity contribution in [2.24, 2.45) is 0 Å². The number of hydrogen-bond acceptors (Lipinski definition) is 3. The van der Waals surface area contributed by atoms with E-state index in [2.05, 4.69) is 17.4 Å². The van der Waals surface area contributed by atoms with Gasteiger partial charge in [0.05, 0.1) is 6.61 Å². The smallest absolute Gasteiger partial charge is 0.255 e. The zero-order valence-corrected chi connectivity index (χ0v) is 16.7. The minimum absolute atomic E-state index is 0.132. The van der Waals surface area contributed by atoms with Crippen LogP contribution in [0, 0.1) is 0 Å². The molecule has 0 saturated heterocycles. The Labute approximate surface area is 174 Å². The second kappa shape index (κ2) is 9.30. The molecule has 4 aromatic rings. The molecule has 0 radical (unpaired) electrons. The fourth-order valence-corrected chi connectivity index (χ4v) is 3.82. The number of carbonyl (C=O) groups excluding carboxylic acids is 1. The van der Waals surface area contributed by atoms with Crippen molar-refractivity contribution in [1.29, 1.82) is 0 Å². The molecule has 0 fully saturated rings. The van der Waals surface area contributed by atoms with Crippen LogP contribution in [0.5, 0.6) is 5.75 Å². The number of fused-ring (bicyclic) bond motifs is 1. The fourth-order valence-electron chi connectivity index (χ4n) is 3.07. The second-order valence-corrected chi connectivity index (χ2v) is 7.68. The van der Waals surface area contributed by atoms with Gasteiger partial charge in [-0.25, -0.2) is 0 Å². The van der Waals surface area contributed by atoms with Gasteiger partial charge in [-0.3, -0.25) is 4.79 Å². The standard InChI is InChI=1S/C25H21NO2S/c27-25(26-24-12-6-8-19-7-4-5-11-23(19)24)20-13-15-21(16-14-20)28-17-18-29-22-9-2-1-3-10-22/h1-16H,17-18H2,(H,26,27). The van der Waals surface area contributed by atoms with Crippen molar-refractivity contribution in [1.82, 2.24) is 0 Å². The summed E-state index contributed by atoms with van der Waals surface area (Å²) in [7, 11) is 0. The number of carbonyl (C=O) groups is 1. The zero-order valence-electron chi connectivity index (χ0n) is 15.9. The first-order chi connectivity index (χ1) is 14.3. The van der Waals surface area contributed by atoms with E-state index in [0.29, 0.717) is 12.2 Å². The van der Waals surface area contributed by atoms with Gasteiger partial charge in [0.2, 0.25) is 0 Å². The van der Waals surface area contributed by atoms with E-state index in [0.717, 1.165) is 28.0 Å². The minimum atomic E-state index is -0.132. The lowest BCUT2D eigenvalue weighted by Crippen LogP contribution is -2.12. The topological polar surface area (TPSA) is 38.3 Å². The van der Waals surface area contributed by atoms with Gasteiger partial charge >= 0.3 is 0 Å². The van der Waals surface area contributed by atoms with Gasteiger partial charge in [-0.05, 0) is 47.9 Å². The Morgan fingerprint density at radius 2 is 1.52 bits per heavy atom. The molecule has 144 valence electrons. The molecule has 0 heterocycles. The van der Waals surface area contributed by atoms with E-state index in [4.69, 9.17) is 4.74 Å². The molecule has 0 aromatic heterocycles.